The summed E-state index contributed by atoms with van der Waals surface area (Å²) in [6, 6.07) is 0. The highest BCUT2D eigenvalue weighted by Crippen LogP contribution is 2.29. The molecule has 82 valence electrons. The van der Waals surface area contributed by atoms with E-state index in [4.69, 9.17) is 0 Å². The van der Waals surface area contributed by atoms with E-state index >= 15 is 0 Å². The van der Waals surface area contributed by atoms with E-state index in [1.165, 1.54) is 36.6 Å². The zero-order valence-corrected chi connectivity index (χ0v) is 9.66. The number of rotatable bonds is 4. The number of aryl methyl sites for hydroxylation is 1. The van der Waals surface area contributed by atoms with Crippen molar-refractivity contribution < 1.29 is 4.79 Å². The number of aromatic nitrogens is 3. The predicted octanol–water partition coefficient (Wildman–Crippen LogP) is 1.67. The van der Waals surface area contributed by atoms with Gasteiger partial charge in [-0.15, -0.1) is 5.10 Å². The highest BCUT2D eigenvalue weighted by atomic mass is 32.2. The van der Waals surface area contributed by atoms with Crippen molar-refractivity contribution in [3.05, 3.63) is 11.9 Å². The average Bonchev–Trinajstić information content (AvgIpc) is 2.84. The smallest absolute Gasteiger partial charge is 0.192 e. The van der Waals surface area contributed by atoms with Crippen LogP contribution in [0.4, 0.5) is 0 Å². The number of carbonyl (C=O) groups excluding carboxylic acids is 1. The second kappa shape index (κ2) is 4.79. The quantitative estimate of drug-likeness (QED) is 0.731. The maximum absolute atomic E-state index is 11.8. The van der Waals surface area contributed by atoms with E-state index in [2.05, 4.69) is 10.3 Å². The average molecular weight is 225 g/mol. The lowest BCUT2D eigenvalue weighted by Crippen LogP contribution is -2.11. The highest BCUT2D eigenvalue weighted by molar-refractivity contribution is 8.00. The zero-order valence-electron chi connectivity index (χ0n) is 8.85. The van der Waals surface area contributed by atoms with Crippen LogP contribution in [-0.4, -0.2) is 31.8 Å². The van der Waals surface area contributed by atoms with Gasteiger partial charge in [-0.1, -0.05) is 18.1 Å². The second-order valence-electron chi connectivity index (χ2n) is 3.88. The van der Waals surface area contributed by atoms with Gasteiger partial charge in [0.05, 0.1) is 11.9 Å². The molecule has 0 amide bonds. The number of Topliss-reactive ketones (excluding diaryl/α,β-unsaturated/α-hetero) is 1. The Morgan fingerprint density at radius 1 is 1.60 bits per heavy atom. The van der Waals surface area contributed by atoms with Crippen LogP contribution in [0.3, 0.4) is 0 Å². The molecule has 1 heterocycles. The summed E-state index contributed by atoms with van der Waals surface area (Å²) in [4.78, 5) is 11.8. The van der Waals surface area contributed by atoms with Gasteiger partial charge in [-0.25, -0.2) is 4.68 Å². The lowest BCUT2D eigenvalue weighted by molar-refractivity contribution is 0.101. The van der Waals surface area contributed by atoms with Gasteiger partial charge in [0.1, 0.15) is 5.69 Å². The van der Waals surface area contributed by atoms with Gasteiger partial charge in [-0.2, -0.15) is 11.8 Å². The minimum Gasteiger partial charge on any atom is -0.291 e. The molecule has 1 aromatic rings. The molecular formula is C10H15N3OS. The molecule has 1 saturated carbocycles. The molecule has 0 radical (unpaired) electrons. The number of ketones is 1. The van der Waals surface area contributed by atoms with Crippen molar-refractivity contribution in [3.63, 3.8) is 0 Å². The molecule has 5 heteroatoms. The fourth-order valence-corrected chi connectivity index (χ4v) is 3.07. The topological polar surface area (TPSA) is 47.8 Å². The molecule has 0 aliphatic heterocycles. The largest absolute Gasteiger partial charge is 0.291 e. The van der Waals surface area contributed by atoms with E-state index in [0.29, 0.717) is 16.7 Å². The third kappa shape index (κ3) is 2.59. The summed E-state index contributed by atoms with van der Waals surface area (Å²) in [5, 5.41) is 8.15. The van der Waals surface area contributed by atoms with Gasteiger partial charge >= 0.3 is 0 Å². The van der Waals surface area contributed by atoms with Crippen molar-refractivity contribution in [2.75, 3.05) is 5.75 Å². The van der Waals surface area contributed by atoms with Gasteiger partial charge in [0.2, 0.25) is 0 Å². The highest BCUT2D eigenvalue weighted by Gasteiger charge is 2.18. The van der Waals surface area contributed by atoms with E-state index in [-0.39, 0.29) is 5.78 Å². The Bertz CT molecular complexity index is 344. The third-order valence-corrected chi connectivity index (χ3v) is 4.12. The van der Waals surface area contributed by atoms with Gasteiger partial charge in [0.15, 0.2) is 5.78 Å². The van der Waals surface area contributed by atoms with E-state index < -0.39 is 0 Å². The summed E-state index contributed by atoms with van der Waals surface area (Å²) >= 11 is 1.78. The Balaban J connectivity index is 1.84. The maximum atomic E-state index is 11.8. The van der Waals surface area contributed by atoms with Gasteiger partial charge in [-0.05, 0) is 12.8 Å². The Hall–Kier alpha value is -0.840. The Labute approximate surface area is 93.4 Å². The molecule has 0 bridgehead atoms. The summed E-state index contributed by atoms with van der Waals surface area (Å²) in [5.74, 6) is 0.700. The van der Waals surface area contributed by atoms with Crippen LogP contribution in [0.5, 0.6) is 0 Å². The zero-order chi connectivity index (χ0) is 10.7. The number of carbonyl (C=O) groups is 1. The lowest BCUT2D eigenvalue weighted by atomic mass is 10.3. The molecule has 0 atom stereocenters. The van der Waals surface area contributed by atoms with Gasteiger partial charge in [0.25, 0.3) is 0 Å². The Morgan fingerprint density at radius 3 is 2.93 bits per heavy atom. The number of hydrogen-bond acceptors (Lipinski definition) is 4. The first-order chi connectivity index (χ1) is 7.27. The number of hydrogen-bond donors (Lipinski definition) is 0. The van der Waals surface area contributed by atoms with E-state index in [1.807, 2.05) is 0 Å². The fraction of sp³-hybridized carbons (Fsp3) is 0.700. The van der Waals surface area contributed by atoms with Crippen LogP contribution in [0, 0.1) is 0 Å². The van der Waals surface area contributed by atoms with Crippen LogP contribution in [0.1, 0.15) is 36.2 Å². The van der Waals surface area contributed by atoms with E-state index in [0.717, 1.165) is 0 Å². The molecule has 1 fully saturated rings. The summed E-state index contributed by atoms with van der Waals surface area (Å²) in [6.45, 7) is 0. The first kappa shape index (κ1) is 10.7. The Morgan fingerprint density at radius 2 is 2.33 bits per heavy atom. The molecule has 0 spiro atoms. The summed E-state index contributed by atoms with van der Waals surface area (Å²) in [7, 11) is 1.75. The van der Waals surface area contributed by atoms with E-state index in [9.17, 15) is 4.79 Å². The summed E-state index contributed by atoms with van der Waals surface area (Å²) < 4.78 is 1.54. The molecule has 15 heavy (non-hydrogen) atoms. The van der Waals surface area contributed by atoms with Crippen LogP contribution in [0.2, 0.25) is 0 Å². The predicted molar refractivity (Wildman–Crippen MR) is 60.0 cm³/mol. The molecule has 1 aromatic heterocycles. The monoisotopic (exact) mass is 225 g/mol. The van der Waals surface area contributed by atoms with Crippen molar-refractivity contribution in [2.24, 2.45) is 7.05 Å². The second-order valence-corrected chi connectivity index (χ2v) is 5.17. The van der Waals surface area contributed by atoms with Crippen molar-refractivity contribution in [1.82, 2.24) is 15.0 Å². The molecular weight excluding hydrogens is 210 g/mol. The van der Waals surface area contributed by atoms with Gasteiger partial charge in [-0.3, -0.25) is 4.79 Å². The molecule has 1 aliphatic rings. The van der Waals surface area contributed by atoms with Crippen LogP contribution in [-0.2, 0) is 7.05 Å². The Kier molecular flexibility index (Phi) is 3.41. The fourth-order valence-electron chi connectivity index (χ4n) is 1.86. The molecule has 0 unspecified atom stereocenters. The normalized spacial score (nSPS) is 17.1. The van der Waals surface area contributed by atoms with Crippen LogP contribution in [0.15, 0.2) is 6.20 Å². The molecule has 4 nitrogen and oxygen atoms in total. The van der Waals surface area contributed by atoms with Crippen LogP contribution in [0.25, 0.3) is 0 Å². The first-order valence-corrected chi connectivity index (χ1v) is 6.32. The van der Waals surface area contributed by atoms with E-state index in [1.54, 1.807) is 18.8 Å². The SMILES string of the molecule is Cn1nncc1C(=O)CSC1CCCC1. The first-order valence-electron chi connectivity index (χ1n) is 5.27. The lowest BCUT2D eigenvalue weighted by Gasteiger charge is -2.07. The molecule has 0 N–H and O–H groups in total. The van der Waals surface area contributed by atoms with Gasteiger partial charge < -0.3 is 0 Å². The minimum atomic E-state index is 0.138. The van der Waals surface area contributed by atoms with Crippen molar-refractivity contribution in [2.45, 2.75) is 30.9 Å². The minimum absolute atomic E-state index is 0.138. The molecule has 2 rings (SSSR count). The van der Waals surface area contributed by atoms with Crippen molar-refractivity contribution in [1.29, 1.82) is 0 Å². The number of thioether (sulfide) groups is 1. The maximum Gasteiger partial charge on any atom is 0.192 e. The summed E-state index contributed by atoms with van der Waals surface area (Å²) in [5.41, 5.74) is 0.612. The van der Waals surface area contributed by atoms with Crippen molar-refractivity contribution in [3.8, 4) is 0 Å². The molecule has 1 aliphatic carbocycles. The third-order valence-electron chi connectivity index (χ3n) is 2.75. The summed E-state index contributed by atoms with van der Waals surface area (Å²) in [6.07, 6.45) is 6.71. The van der Waals surface area contributed by atoms with Crippen LogP contribution >= 0.6 is 11.8 Å². The molecule has 0 saturated heterocycles. The van der Waals surface area contributed by atoms with Gasteiger partial charge in [0, 0.05) is 12.3 Å². The van der Waals surface area contributed by atoms with Crippen LogP contribution < -0.4 is 0 Å². The standard InChI is InChI=1S/C10H15N3OS/c1-13-9(6-11-12-13)10(14)7-15-8-4-2-3-5-8/h6,8H,2-5,7H2,1H3. The van der Waals surface area contributed by atoms with Crippen molar-refractivity contribution >= 4 is 17.5 Å². The number of nitrogens with zero attached hydrogens (tertiary/aromatic N) is 3. The molecule has 0 aromatic carbocycles.